The number of hydrogen-bond acceptors (Lipinski definition) is 3. The number of nitrogens with zero attached hydrogens (tertiary/aromatic N) is 4. The molecule has 20 heavy (non-hydrogen) atoms. The molecule has 1 unspecified atom stereocenters. The maximum absolute atomic E-state index is 13.9. The van der Waals surface area contributed by atoms with E-state index in [-0.39, 0.29) is 11.7 Å². The van der Waals surface area contributed by atoms with Crippen molar-refractivity contribution in [3.05, 3.63) is 23.6 Å². The highest BCUT2D eigenvalue weighted by atomic mass is 35.5. The summed E-state index contributed by atoms with van der Waals surface area (Å²) in [6.07, 6.45) is -2.52. The van der Waals surface area contributed by atoms with E-state index in [1.165, 1.54) is 27.9 Å². The second-order valence-corrected chi connectivity index (χ2v) is 5.07. The highest BCUT2D eigenvalue weighted by Gasteiger charge is 2.59. The molecule has 1 aliphatic heterocycles. The van der Waals surface area contributed by atoms with Crippen molar-refractivity contribution in [3.8, 4) is 0 Å². The van der Waals surface area contributed by atoms with Crippen LogP contribution in [-0.4, -0.2) is 39.5 Å². The second-order valence-electron chi connectivity index (χ2n) is 4.68. The molecule has 0 N–H and O–H groups in total. The highest BCUT2D eigenvalue weighted by Crippen LogP contribution is 2.42. The minimum atomic E-state index is -4.88. The SMILES string of the molecule is FC(F)(F)C1(F)CCN(c2cc(Cl)nn3ccnc23)C1. The number of alkyl halides is 4. The fourth-order valence-electron chi connectivity index (χ4n) is 2.31. The van der Waals surface area contributed by atoms with Gasteiger partial charge >= 0.3 is 6.18 Å². The summed E-state index contributed by atoms with van der Waals surface area (Å²) in [4.78, 5) is 5.31. The topological polar surface area (TPSA) is 33.4 Å². The molecule has 9 heteroatoms. The van der Waals surface area contributed by atoms with Crippen molar-refractivity contribution in [2.45, 2.75) is 18.3 Å². The first-order valence-electron chi connectivity index (χ1n) is 5.81. The molecule has 3 heterocycles. The lowest BCUT2D eigenvalue weighted by atomic mass is 10.1. The summed E-state index contributed by atoms with van der Waals surface area (Å²) >= 11 is 5.82. The van der Waals surface area contributed by atoms with Gasteiger partial charge in [-0.2, -0.15) is 18.3 Å². The molecule has 3 rings (SSSR count). The quantitative estimate of drug-likeness (QED) is 0.760. The minimum Gasteiger partial charge on any atom is -0.365 e. The molecule has 0 bridgehead atoms. The third kappa shape index (κ3) is 1.98. The highest BCUT2D eigenvalue weighted by molar-refractivity contribution is 6.29. The molecule has 2 aromatic heterocycles. The van der Waals surface area contributed by atoms with Gasteiger partial charge in [0.25, 0.3) is 0 Å². The van der Waals surface area contributed by atoms with Crippen LogP contribution in [0.2, 0.25) is 5.15 Å². The molecule has 108 valence electrons. The molecule has 4 nitrogen and oxygen atoms in total. The van der Waals surface area contributed by atoms with Gasteiger partial charge in [-0.05, 0) is 0 Å². The summed E-state index contributed by atoms with van der Waals surface area (Å²) in [5, 5.41) is 4.04. The molecule has 1 atom stereocenters. The van der Waals surface area contributed by atoms with E-state index in [0.717, 1.165) is 0 Å². The average molecular weight is 309 g/mol. The summed E-state index contributed by atoms with van der Waals surface area (Å²) in [5.41, 5.74) is -2.51. The Morgan fingerprint density at radius 3 is 2.75 bits per heavy atom. The van der Waals surface area contributed by atoms with Gasteiger partial charge in [-0.25, -0.2) is 13.9 Å². The summed E-state index contributed by atoms with van der Waals surface area (Å²) in [5.74, 6) is 0. The third-order valence-electron chi connectivity index (χ3n) is 3.38. The van der Waals surface area contributed by atoms with Gasteiger partial charge in [-0.1, -0.05) is 11.6 Å². The molecule has 1 saturated heterocycles. The van der Waals surface area contributed by atoms with Crippen LogP contribution in [0.25, 0.3) is 5.65 Å². The van der Waals surface area contributed by atoms with Crippen molar-refractivity contribution in [3.63, 3.8) is 0 Å². The van der Waals surface area contributed by atoms with Crippen molar-refractivity contribution in [1.29, 1.82) is 0 Å². The third-order valence-corrected chi connectivity index (χ3v) is 3.56. The maximum atomic E-state index is 13.9. The first-order valence-corrected chi connectivity index (χ1v) is 6.18. The molecule has 1 aliphatic rings. The fraction of sp³-hybridized carbons (Fsp3) is 0.455. The van der Waals surface area contributed by atoms with Crippen LogP contribution < -0.4 is 4.90 Å². The smallest absolute Gasteiger partial charge is 0.365 e. The first-order chi connectivity index (χ1) is 9.30. The van der Waals surface area contributed by atoms with Gasteiger partial charge in [0.05, 0.1) is 12.2 Å². The molecule has 1 fully saturated rings. The van der Waals surface area contributed by atoms with E-state index in [0.29, 0.717) is 11.3 Å². The van der Waals surface area contributed by atoms with Crippen LogP contribution in [0.1, 0.15) is 6.42 Å². The lowest BCUT2D eigenvalue weighted by Gasteiger charge is -2.24. The lowest BCUT2D eigenvalue weighted by Crippen LogP contribution is -2.43. The van der Waals surface area contributed by atoms with Crippen molar-refractivity contribution < 1.29 is 17.6 Å². The number of aromatic nitrogens is 3. The molecule has 0 saturated carbocycles. The molecule has 2 aromatic rings. The Morgan fingerprint density at radius 1 is 1.35 bits per heavy atom. The zero-order chi connectivity index (χ0) is 14.5. The fourth-order valence-corrected chi connectivity index (χ4v) is 2.50. The number of hydrogen-bond donors (Lipinski definition) is 0. The monoisotopic (exact) mass is 308 g/mol. The Hall–Kier alpha value is -1.57. The van der Waals surface area contributed by atoms with Crippen molar-refractivity contribution in [2.75, 3.05) is 18.0 Å². The predicted molar refractivity (Wildman–Crippen MR) is 64.7 cm³/mol. The van der Waals surface area contributed by atoms with Gasteiger partial charge < -0.3 is 4.90 Å². The number of imidazole rings is 1. The van der Waals surface area contributed by atoms with E-state index < -0.39 is 24.8 Å². The van der Waals surface area contributed by atoms with E-state index in [9.17, 15) is 17.6 Å². The van der Waals surface area contributed by atoms with E-state index in [1.807, 2.05) is 0 Å². The van der Waals surface area contributed by atoms with Crippen molar-refractivity contribution in [2.24, 2.45) is 0 Å². The number of rotatable bonds is 1. The van der Waals surface area contributed by atoms with Crippen LogP contribution >= 0.6 is 11.6 Å². The first kappa shape index (κ1) is 13.4. The van der Waals surface area contributed by atoms with Gasteiger partial charge in [0, 0.05) is 31.4 Å². The summed E-state index contributed by atoms with van der Waals surface area (Å²) in [6, 6.07) is 1.39. The Bertz CT molecular complexity index is 655. The molecule has 0 aromatic carbocycles. The molecule has 0 radical (unpaired) electrons. The maximum Gasteiger partial charge on any atom is 0.424 e. The van der Waals surface area contributed by atoms with Crippen LogP contribution in [-0.2, 0) is 0 Å². The molecule has 0 spiro atoms. The summed E-state index contributed by atoms with van der Waals surface area (Å²) in [6.45, 7) is -0.821. The average Bonchev–Trinajstić information content (AvgIpc) is 2.94. The number of halogens is 5. The second kappa shape index (κ2) is 4.21. The Kier molecular flexibility index (Phi) is 2.82. The predicted octanol–water partition coefficient (Wildman–Crippen LogP) is 2.86. The van der Waals surface area contributed by atoms with Crippen LogP contribution in [0, 0.1) is 0 Å². The Balaban J connectivity index is 2.00. The molecule has 0 aliphatic carbocycles. The Labute approximate surface area is 116 Å². The normalized spacial score (nSPS) is 23.8. The molecular formula is C11H9ClF4N4. The van der Waals surface area contributed by atoms with E-state index in [2.05, 4.69) is 10.1 Å². The number of anilines is 1. The molecule has 0 amide bonds. The van der Waals surface area contributed by atoms with E-state index in [4.69, 9.17) is 11.6 Å². The van der Waals surface area contributed by atoms with Gasteiger partial charge in [0.2, 0.25) is 5.67 Å². The van der Waals surface area contributed by atoms with Crippen LogP contribution in [0.5, 0.6) is 0 Å². The van der Waals surface area contributed by atoms with Gasteiger partial charge in [0.15, 0.2) is 10.8 Å². The minimum absolute atomic E-state index is 0.0567. The Morgan fingerprint density at radius 2 is 2.10 bits per heavy atom. The van der Waals surface area contributed by atoms with Gasteiger partial charge in [-0.15, -0.1) is 0 Å². The molecular weight excluding hydrogens is 300 g/mol. The number of fused-ring (bicyclic) bond motifs is 1. The summed E-state index contributed by atoms with van der Waals surface area (Å²) in [7, 11) is 0. The summed E-state index contributed by atoms with van der Waals surface area (Å²) < 4.78 is 53.4. The van der Waals surface area contributed by atoms with Gasteiger partial charge in [0.1, 0.15) is 0 Å². The van der Waals surface area contributed by atoms with E-state index in [1.54, 1.807) is 0 Å². The lowest BCUT2D eigenvalue weighted by molar-refractivity contribution is -0.221. The zero-order valence-corrected chi connectivity index (χ0v) is 10.8. The van der Waals surface area contributed by atoms with Gasteiger partial charge in [-0.3, -0.25) is 0 Å². The van der Waals surface area contributed by atoms with Crippen LogP contribution in [0.15, 0.2) is 18.5 Å². The standard InChI is InChI=1S/C11H9ClF4N4/c12-8-5-7(9-17-2-4-20(9)18-8)19-3-1-10(13,6-19)11(14,15)16/h2,4-5H,1,3,6H2. The van der Waals surface area contributed by atoms with Crippen molar-refractivity contribution in [1.82, 2.24) is 14.6 Å². The zero-order valence-electron chi connectivity index (χ0n) is 10.0. The van der Waals surface area contributed by atoms with Crippen LogP contribution in [0.3, 0.4) is 0 Å². The van der Waals surface area contributed by atoms with E-state index >= 15 is 0 Å². The van der Waals surface area contributed by atoms with Crippen molar-refractivity contribution >= 4 is 22.9 Å². The van der Waals surface area contributed by atoms with Crippen LogP contribution in [0.4, 0.5) is 23.2 Å². The largest absolute Gasteiger partial charge is 0.424 e.